The maximum Gasteiger partial charge on any atom is 0.323 e. The molecule has 1 atom stereocenters. The first-order valence-electron chi connectivity index (χ1n) is 6.20. The molecule has 0 fully saturated rings. The molecule has 0 aliphatic carbocycles. The van der Waals surface area contributed by atoms with Gasteiger partial charge in [-0.3, -0.25) is 0 Å². The van der Waals surface area contributed by atoms with Crippen molar-refractivity contribution in [1.82, 2.24) is 9.97 Å². The van der Waals surface area contributed by atoms with E-state index in [-0.39, 0.29) is 11.5 Å². The van der Waals surface area contributed by atoms with E-state index in [9.17, 15) is 14.3 Å². The summed E-state index contributed by atoms with van der Waals surface area (Å²) in [5.41, 5.74) is 2.99. The summed E-state index contributed by atoms with van der Waals surface area (Å²) in [5, 5.41) is 10.4. The molecule has 0 saturated carbocycles. The van der Waals surface area contributed by atoms with E-state index in [1.54, 1.807) is 31.2 Å². The molecule has 1 aromatic heterocycles. The standard InChI is InChI=1S/C15H13FN2O2/c1-8-6-10(16)3-4-11(8)14(19)9-2-5-12-13(7-9)18-15(20)17-12/h2-7,14,19H,1H3,(H2,17,18,20). The lowest BCUT2D eigenvalue weighted by Gasteiger charge is -2.14. The van der Waals surface area contributed by atoms with E-state index in [2.05, 4.69) is 9.97 Å². The number of aromatic amines is 2. The zero-order valence-corrected chi connectivity index (χ0v) is 10.8. The molecule has 0 radical (unpaired) electrons. The van der Waals surface area contributed by atoms with Gasteiger partial charge in [-0.2, -0.15) is 0 Å². The van der Waals surface area contributed by atoms with Crippen molar-refractivity contribution in [2.45, 2.75) is 13.0 Å². The fraction of sp³-hybridized carbons (Fsp3) is 0.133. The molecule has 0 aliphatic heterocycles. The number of halogens is 1. The minimum absolute atomic E-state index is 0.287. The number of aromatic nitrogens is 2. The van der Waals surface area contributed by atoms with Crippen molar-refractivity contribution in [2.24, 2.45) is 0 Å². The zero-order chi connectivity index (χ0) is 14.3. The number of H-pyrrole nitrogens is 2. The number of aliphatic hydroxyl groups excluding tert-OH is 1. The molecule has 0 bridgehead atoms. The third kappa shape index (κ3) is 2.12. The largest absolute Gasteiger partial charge is 0.384 e. The van der Waals surface area contributed by atoms with Crippen LogP contribution in [0.1, 0.15) is 22.8 Å². The van der Waals surface area contributed by atoms with Crippen LogP contribution in [0.5, 0.6) is 0 Å². The van der Waals surface area contributed by atoms with Crippen LogP contribution in [0, 0.1) is 12.7 Å². The highest BCUT2D eigenvalue weighted by Gasteiger charge is 2.14. The number of nitrogens with one attached hydrogen (secondary N) is 2. The van der Waals surface area contributed by atoms with Crippen LogP contribution in [0.25, 0.3) is 11.0 Å². The second-order valence-electron chi connectivity index (χ2n) is 4.79. The van der Waals surface area contributed by atoms with E-state index in [0.29, 0.717) is 27.7 Å². The van der Waals surface area contributed by atoms with Crippen LogP contribution in [0.3, 0.4) is 0 Å². The molecule has 3 rings (SSSR count). The van der Waals surface area contributed by atoms with E-state index >= 15 is 0 Å². The lowest BCUT2D eigenvalue weighted by atomic mass is 9.97. The van der Waals surface area contributed by atoms with Crippen molar-refractivity contribution < 1.29 is 9.50 Å². The van der Waals surface area contributed by atoms with Crippen molar-refractivity contribution in [3.63, 3.8) is 0 Å². The van der Waals surface area contributed by atoms with Gasteiger partial charge in [-0.1, -0.05) is 12.1 Å². The number of fused-ring (bicyclic) bond motifs is 1. The van der Waals surface area contributed by atoms with Gasteiger partial charge < -0.3 is 15.1 Å². The van der Waals surface area contributed by atoms with Gasteiger partial charge in [0.05, 0.1) is 11.0 Å². The van der Waals surface area contributed by atoms with E-state index in [1.165, 1.54) is 12.1 Å². The van der Waals surface area contributed by atoms with Crippen molar-refractivity contribution in [3.05, 3.63) is 69.4 Å². The highest BCUT2D eigenvalue weighted by Crippen LogP contribution is 2.26. The summed E-state index contributed by atoms with van der Waals surface area (Å²) >= 11 is 0. The van der Waals surface area contributed by atoms with Crippen LogP contribution >= 0.6 is 0 Å². The summed E-state index contributed by atoms with van der Waals surface area (Å²) in [4.78, 5) is 16.5. The molecule has 5 heteroatoms. The maximum absolute atomic E-state index is 13.1. The van der Waals surface area contributed by atoms with E-state index in [1.807, 2.05) is 0 Å². The number of aliphatic hydroxyl groups is 1. The van der Waals surface area contributed by atoms with Gasteiger partial charge in [-0.05, 0) is 47.9 Å². The highest BCUT2D eigenvalue weighted by atomic mass is 19.1. The number of rotatable bonds is 2. The summed E-state index contributed by atoms with van der Waals surface area (Å²) in [6.45, 7) is 1.75. The molecule has 102 valence electrons. The number of imidazole rings is 1. The normalized spacial score (nSPS) is 12.8. The molecule has 20 heavy (non-hydrogen) atoms. The van der Waals surface area contributed by atoms with Gasteiger partial charge in [0.2, 0.25) is 0 Å². The van der Waals surface area contributed by atoms with Gasteiger partial charge in [0.1, 0.15) is 11.9 Å². The first-order valence-corrected chi connectivity index (χ1v) is 6.20. The van der Waals surface area contributed by atoms with E-state index in [4.69, 9.17) is 0 Å². The van der Waals surface area contributed by atoms with Gasteiger partial charge >= 0.3 is 5.69 Å². The van der Waals surface area contributed by atoms with Crippen molar-refractivity contribution >= 4 is 11.0 Å². The lowest BCUT2D eigenvalue weighted by molar-refractivity contribution is 0.219. The molecule has 3 N–H and O–H groups in total. The zero-order valence-electron chi connectivity index (χ0n) is 10.8. The molecule has 1 unspecified atom stereocenters. The molecular weight excluding hydrogens is 259 g/mol. The van der Waals surface area contributed by atoms with Gasteiger partial charge in [0, 0.05) is 0 Å². The molecule has 0 amide bonds. The van der Waals surface area contributed by atoms with Gasteiger partial charge in [-0.15, -0.1) is 0 Å². The first-order chi connectivity index (χ1) is 9.54. The van der Waals surface area contributed by atoms with Crippen molar-refractivity contribution in [2.75, 3.05) is 0 Å². The summed E-state index contributed by atoms with van der Waals surface area (Å²) < 4.78 is 13.1. The SMILES string of the molecule is Cc1cc(F)ccc1C(O)c1ccc2[nH]c(=O)[nH]c2c1. The van der Waals surface area contributed by atoms with Crippen LogP contribution < -0.4 is 5.69 Å². The Morgan fingerprint density at radius 3 is 2.60 bits per heavy atom. The fourth-order valence-corrected chi connectivity index (χ4v) is 2.35. The number of benzene rings is 2. The average Bonchev–Trinajstić information content (AvgIpc) is 2.77. The number of aryl methyl sites for hydroxylation is 1. The van der Waals surface area contributed by atoms with Gasteiger partial charge in [0.15, 0.2) is 0 Å². The second kappa shape index (κ2) is 4.61. The predicted molar refractivity (Wildman–Crippen MR) is 74.1 cm³/mol. The monoisotopic (exact) mass is 272 g/mol. The van der Waals surface area contributed by atoms with Crippen LogP contribution in [0.2, 0.25) is 0 Å². The third-order valence-electron chi connectivity index (χ3n) is 3.38. The number of hydrogen-bond acceptors (Lipinski definition) is 2. The minimum Gasteiger partial charge on any atom is -0.384 e. The molecule has 0 aliphatic rings. The fourth-order valence-electron chi connectivity index (χ4n) is 2.35. The Labute approximate surface area is 113 Å². The molecule has 0 spiro atoms. The minimum atomic E-state index is -0.863. The Kier molecular flexibility index (Phi) is 2.91. The Morgan fingerprint density at radius 1 is 1.10 bits per heavy atom. The predicted octanol–water partition coefficient (Wildman–Crippen LogP) is 2.39. The molecular formula is C15H13FN2O2. The van der Waals surface area contributed by atoms with Gasteiger partial charge in [-0.25, -0.2) is 9.18 Å². The molecule has 4 nitrogen and oxygen atoms in total. The lowest BCUT2D eigenvalue weighted by Crippen LogP contribution is -2.02. The molecule has 1 heterocycles. The Hall–Kier alpha value is -2.40. The maximum atomic E-state index is 13.1. The summed E-state index contributed by atoms with van der Waals surface area (Å²) in [6, 6.07) is 9.45. The quantitative estimate of drug-likeness (QED) is 0.670. The molecule has 0 saturated heterocycles. The Balaban J connectivity index is 2.06. The van der Waals surface area contributed by atoms with Crippen LogP contribution in [0.15, 0.2) is 41.2 Å². The number of hydrogen-bond donors (Lipinski definition) is 3. The molecule has 3 aromatic rings. The van der Waals surface area contributed by atoms with Crippen molar-refractivity contribution in [1.29, 1.82) is 0 Å². The Morgan fingerprint density at radius 2 is 1.85 bits per heavy atom. The van der Waals surface area contributed by atoms with Gasteiger partial charge in [0.25, 0.3) is 0 Å². The highest BCUT2D eigenvalue weighted by molar-refractivity contribution is 5.75. The average molecular weight is 272 g/mol. The third-order valence-corrected chi connectivity index (χ3v) is 3.38. The van der Waals surface area contributed by atoms with Crippen LogP contribution in [0.4, 0.5) is 4.39 Å². The first kappa shape index (κ1) is 12.6. The summed E-state index contributed by atoms with van der Waals surface area (Å²) in [5.74, 6) is -0.330. The van der Waals surface area contributed by atoms with E-state index < -0.39 is 6.10 Å². The van der Waals surface area contributed by atoms with Crippen LogP contribution in [-0.4, -0.2) is 15.1 Å². The smallest absolute Gasteiger partial charge is 0.323 e. The van der Waals surface area contributed by atoms with Crippen molar-refractivity contribution in [3.8, 4) is 0 Å². The topological polar surface area (TPSA) is 68.9 Å². The summed E-state index contributed by atoms with van der Waals surface area (Å²) in [7, 11) is 0. The second-order valence-corrected chi connectivity index (χ2v) is 4.79. The summed E-state index contributed by atoms with van der Waals surface area (Å²) in [6.07, 6.45) is -0.863. The Bertz CT molecular complexity index is 835. The van der Waals surface area contributed by atoms with Crippen LogP contribution in [-0.2, 0) is 0 Å². The van der Waals surface area contributed by atoms with E-state index in [0.717, 1.165) is 0 Å². The molecule has 2 aromatic carbocycles.